The normalized spacial score (nSPS) is 13.0. The van der Waals surface area contributed by atoms with Gasteiger partial charge < -0.3 is 14.0 Å². The second-order valence-corrected chi connectivity index (χ2v) is 19.5. The first-order chi connectivity index (χ1) is 33.0. The summed E-state index contributed by atoms with van der Waals surface area (Å²) in [4.78, 5) is 2.47. The summed E-state index contributed by atoms with van der Waals surface area (Å²) in [6, 6.07) is 83.1. The predicted molar refractivity (Wildman–Crippen MR) is 286 cm³/mol. The van der Waals surface area contributed by atoms with Gasteiger partial charge in [0.2, 0.25) is 0 Å². The molecule has 0 radical (unpaired) electrons. The van der Waals surface area contributed by atoms with E-state index in [1.165, 1.54) is 97.2 Å². The minimum Gasteiger partial charge on any atom is -0.310 e. The highest BCUT2D eigenvalue weighted by Gasteiger charge is 2.36. The van der Waals surface area contributed by atoms with Crippen molar-refractivity contribution in [2.75, 3.05) is 4.90 Å². The Bertz CT molecular complexity index is 4110. The lowest BCUT2D eigenvalue weighted by Gasteiger charge is -2.28. The maximum Gasteiger partial charge on any atom is 0.0788 e. The zero-order valence-corrected chi connectivity index (χ0v) is 37.9. The van der Waals surface area contributed by atoms with Gasteiger partial charge in [-0.15, -0.1) is 11.3 Å². The molecule has 3 aromatic heterocycles. The lowest BCUT2D eigenvalue weighted by Crippen LogP contribution is -2.16. The Hall–Kier alpha value is -8.18. The van der Waals surface area contributed by atoms with Crippen molar-refractivity contribution < 1.29 is 0 Å². The summed E-state index contributed by atoms with van der Waals surface area (Å²) in [6.07, 6.45) is 0. The van der Waals surface area contributed by atoms with Gasteiger partial charge in [0.15, 0.2) is 0 Å². The molecule has 3 heterocycles. The van der Waals surface area contributed by atoms with E-state index < -0.39 is 0 Å². The summed E-state index contributed by atoms with van der Waals surface area (Å²) in [5.41, 5.74) is 18.1. The molecule has 0 saturated heterocycles. The fraction of sp³-hybridized carbons (Fsp3) is 0.0476. The summed E-state index contributed by atoms with van der Waals surface area (Å²) in [7, 11) is 0. The maximum atomic E-state index is 2.48. The molecule has 0 spiro atoms. The smallest absolute Gasteiger partial charge is 0.0788 e. The van der Waals surface area contributed by atoms with Crippen LogP contribution < -0.4 is 4.90 Å². The zero-order chi connectivity index (χ0) is 44.4. The van der Waals surface area contributed by atoms with Gasteiger partial charge in [-0.2, -0.15) is 0 Å². The van der Waals surface area contributed by atoms with Crippen LogP contribution in [0.25, 0.3) is 97.4 Å². The van der Waals surface area contributed by atoms with E-state index in [0.717, 1.165) is 28.4 Å². The summed E-state index contributed by atoms with van der Waals surface area (Å²) in [5.74, 6) is 0. The van der Waals surface area contributed by atoms with E-state index in [1.807, 2.05) is 11.3 Å². The standard InChI is InChI=1S/C63H43N3S/c1-63(2)55-25-12-9-20-47(55)48-34-32-45(39-56(48)63)64(43-30-28-40(29-31-43)46-23-15-24-53-50-22-11-14-27-59(50)67-62(46)53)44-33-37-58-54(38-44)52-36-35-51-49-21-10-13-26-57(49)65(41-16-5-3-6-17-41)60(51)61(52)66(58)42-18-7-4-8-19-42/h3-39H,1-2H3. The van der Waals surface area contributed by atoms with E-state index in [1.54, 1.807) is 0 Å². The predicted octanol–water partition coefficient (Wildman–Crippen LogP) is 17.7. The first-order valence-corrected chi connectivity index (χ1v) is 24.0. The molecular formula is C63H43N3S. The van der Waals surface area contributed by atoms with E-state index >= 15 is 0 Å². The van der Waals surface area contributed by atoms with Crippen LogP contribution in [-0.4, -0.2) is 9.13 Å². The summed E-state index contributed by atoms with van der Waals surface area (Å²) in [6.45, 7) is 4.74. The number of benzene rings is 10. The third-order valence-electron chi connectivity index (χ3n) is 14.5. The van der Waals surface area contributed by atoms with E-state index in [4.69, 9.17) is 0 Å². The molecule has 1 aliphatic rings. The fourth-order valence-corrected chi connectivity index (χ4v) is 12.7. The van der Waals surface area contributed by atoms with Crippen molar-refractivity contribution in [3.8, 4) is 33.6 Å². The number of anilines is 3. The number of hydrogen-bond donors (Lipinski definition) is 0. The van der Waals surface area contributed by atoms with Crippen LogP contribution in [0, 0.1) is 0 Å². The average Bonchev–Trinajstić information content (AvgIpc) is 4.10. The first kappa shape index (κ1) is 38.1. The van der Waals surface area contributed by atoms with E-state index in [-0.39, 0.29) is 5.41 Å². The minimum absolute atomic E-state index is 0.143. The van der Waals surface area contributed by atoms with Crippen molar-refractivity contribution in [3.05, 3.63) is 236 Å². The first-order valence-electron chi connectivity index (χ1n) is 23.2. The van der Waals surface area contributed by atoms with Gasteiger partial charge in [-0.3, -0.25) is 0 Å². The molecule has 67 heavy (non-hydrogen) atoms. The largest absolute Gasteiger partial charge is 0.310 e. The van der Waals surface area contributed by atoms with Crippen molar-refractivity contribution in [2.45, 2.75) is 19.3 Å². The lowest BCUT2D eigenvalue weighted by molar-refractivity contribution is 0.660. The van der Waals surface area contributed by atoms with E-state index in [2.05, 4.69) is 252 Å². The van der Waals surface area contributed by atoms with Gasteiger partial charge in [-0.1, -0.05) is 159 Å². The van der Waals surface area contributed by atoms with Crippen molar-refractivity contribution in [2.24, 2.45) is 0 Å². The molecule has 0 fully saturated rings. The molecule has 0 amide bonds. The molecule has 1 aliphatic carbocycles. The highest BCUT2D eigenvalue weighted by molar-refractivity contribution is 7.26. The summed E-state index contributed by atoms with van der Waals surface area (Å²) < 4.78 is 7.59. The second-order valence-electron chi connectivity index (χ2n) is 18.5. The molecule has 0 atom stereocenters. The van der Waals surface area contributed by atoms with Gasteiger partial charge in [0.1, 0.15) is 0 Å². The SMILES string of the molecule is CC1(C)c2ccccc2-c2ccc(N(c3ccc(-c4cccc5c4sc4ccccc45)cc3)c3ccc4c(c3)c3ccc5c6ccccc6n(-c6ccccc6)c5c3n4-c3ccccc3)cc21. The van der Waals surface area contributed by atoms with Gasteiger partial charge in [-0.25, -0.2) is 0 Å². The van der Waals surface area contributed by atoms with Crippen LogP contribution in [0.4, 0.5) is 17.1 Å². The molecule has 0 bridgehead atoms. The Labute approximate surface area is 392 Å². The molecule has 0 aliphatic heterocycles. The summed E-state index contributed by atoms with van der Waals surface area (Å²) in [5, 5.41) is 7.53. The topological polar surface area (TPSA) is 13.1 Å². The molecule has 0 saturated carbocycles. The van der Waals surface area contributed by atoms with Crippen molar-refractivity contribution in [1.82, 2.24) is 9.13 Å². The molecule has 4 heteroatoms. The molecular weight excluding hydrogens is 831 g/mol. The van der Waals surface area contributed by atoms with Crippen LogP contribution in [0.5, 0.6) is 0 Å². The quantitative estimate of drug-likeness (QED) is 0.162. The Morgan fingerprint density at radius 3 is 1.69 bits per heavy atom. The van der Waals surface area contributed by atoms with Crippen molar-refractivity contribution >= 4 is 92.2 Å². The number of thiophene rings is 1. The molecule has 0 unspecified atom stereocenters. The van der Waals surface area contributed by atoms with Gasteiger partial charge in [0.25, 0.3) is 0 Å². The highest BCUT2D eigenvalue weighted by atomic mass is 32.1. The van der Waals surface area contributed by atoms with Gasteiger partial charge in [0.05, 0.1) is 22.1 Å². The molecule has 316 valence electrons. The monoisotopic (exact) mass is 873 g/mol. The second kappa shape index (κ2) is 14.4. The Kier molecular flexibility index (Phi) is 8.20. The average molecular weight is 874 g/mol. The van der Waals surface area contributed by atoms with Crippen LogP contribution >= 0.6 is 11.3 Å². The Morgan fingerprint density at radius 1 is 0.373 bits per heavy atom. The number of fused-ring (bicyclic) bond motifs is 13. The third-order valence-corrected chi connectivity index (χ3v) is 15.7. The fourth-order valence-electron chi connectivity index (χ4n) is 11.4. The maximum absolute atomic E-state index is 2.48. The van der Waals surface area contributed by atoms with Crippen LogP contribution in [-0.2, 0) is 5.41 Å². The molecule has 14 rings (SSSR count). The van der Waals surface area contributed by atoms with Crippen molar-refractivity contribution in [1.29, 1.82) is 0 Å². The molecule has 0 N–H and O–H groups in total. The van der Waals surface area contributed by atoms with Crippen LogP contribution in [0.1, 0.15) is 25.0 Å². The number of aromatic nitrogens is 2. The number of para-hydroxylation sites is 3. The Morgan fingerprint density at radius 2 is 0.925 bits per heavy atom. The van der Waals surface area contributed by atoms with Gasteiger partial charge in [0, 0.05) is 75.6 Å². The molecule has 13 aromatic rings. The van der Waals surface area contributed by atoms with Gasteiger partial charge >= 0.3 is 0 Å². The van der Waals surface area contributed by atoms with Crippen LogP contribution in [0.3, 0.4) is 0 Å². The van der Waals surface area contributed by atoms with Gasteiger partial charge in [-0.05, 0) is 112 Å². The number of rotatable bonds is 6. The molecule has 3 nitrogen and oxygen atoms in total. The number of hydrogen-bond acceptors (Lipinski definition) is 2. The van der Waals surface area contributed by atoms with E-state index in [9.17, 15) is 0 Å². The number of nitrogens with zero attached hydrogens (tertiary/aromatic N) is 3. The third kappa shape index (κ3) is 5.57. The minimum atomic E-state index is -0.143. The van der Waals surface area contributed by atoms with Crippen LogP contribution in [0.15, 0.2) is 224 Å². The summed E-state index contributed by atoms with van der Waals surface area (Å²) >= 11 is 1.88. The zero-order valence-electron chi connectivity index (χ0n) is 37.1. The Balaban J connectivity index is 1.01. The van der Waals surface area contributed by atoms with Crippen LogP contribution in [0.2, 0.25) is 0 Å². The van der Waals surface area contributed by atoms with Crippen molar-refractivity contribution in [3.63, 3.8) is 0 Å². The van der Waals surface area contributed by atoms with E-state index in [0.29, 0.717) is 0 Å². The molecule has 10 aromatic carbocycles. The highest BCUT2D eigenvalue weighted by Crippen LogP contribution is 2.51. The lowest BCUT2D eigenvalue weighted by atomic mass is 9.82.